The number of nitrogens with zero attached hydrogens (tertiary/aromatic N) is 4. The molecule has 9 nitrogen and oxygen atoms in total. The van der Waals surface area contributed by atoms with Crippen LogP contribution >= 0.6 is 0 Å². The molecule has 1 N–H and O–H groups in total. The maximum absolute atomic E-state index is 13.2. The van der Waals surface area contributed by atoms with Crippen LogP contribution in [0.5, 0.6) is 5.75 Å². The lowest BCUT2D eigenvalue weighted by Crippen LogP contribution is -2.42. The van der Waals surface area contributed by atoms with Gasteiger partial charge in [0.25, 0.3) is 0 Å². The lowest BCUT2D eigenvalue weighted by molar-refractivity contribution is -0.125. The van der Waals surface area contributed by atoms with E-state index in [0.717, 1.165) is 16.9 Å². The first-order valence-corrected chi connectivity index (χ1v) is 11.2. The van der Waals surface area contributed by atoms with Gasteiger partial charge in [-0.2, -0.15) is 0 Å². The van der Waals surface area contributed by atoms with Crippen molar-refractivity contribution in [2.24, 2.45) is 0 Å². The molecule has 1 aliphatic heterocycles. The highest BCUT2D eigenvalue weighted by Gasteiger charge is 2.38. The number of hydrogen-bond donors (Lipinski definition) is 1. The summed E-state index contributed by atoms with van der Waals surface area (Å²) in [7, 11) is 2.93. The van der Waals surface area contributed by atoms with Crippen LogP contribution in [-0.2, 0) is 22.6 Å². The number of aromatic nitrogens is 3. The Balaban J connectivity index is 1.48. The van der Waals surface area contributed by atoms with E-state index in [1.165, 1.54) is 12.7 Å². The zero-order valence-corrected chi connectivity index (χ0v) is 19.6. The lowest BCUT2D eigenvalue weighted by Gasteiger charge is -2.23. The molecule has 1 amide bonds. The number of benzene rings is 2. The second-order valence-corrected chi connectivity index (χ2v) is 8.46. The highest BCUT2D eigenvalue weighted by Crippen LogP contribution is 2.29. The van der Waals surface area contributed by atoms with Gasteiger partial charge < -0.3 is 14.8 Å². The quantitative estimate of drug-likeness (QED) is 0.513. The Morgan fingerprint density at radius 2 is 1.76 bits per heavy atom. The summed E-state index contributed by atoms with van der Waals surface area (Å²) in [5.41, 5.74) is 3.47. The third kappa shape index (κ3) is 5.43. The molecule has 178 valence electrons. The molecule has 1 fully saturated rings. The number of amides is 1. The Morgan fingerprint density at radius 1 is 1.06 bits per heavy atom. The summed E-state index contributed by atoms with van der Waals surface area (Å²) in [6.07, 6.45) is 2.14. The van der Waals surface area contributed by atoms with Gasteiger partial charge in [-0.05, 0) is 36.6 Å². The first-order valence-electron chi connectivity index (χ1n) is 11.2. The first kappa shape index (κ1) is 23.4. The van der Waals surface area contributed by atoms with Crippen molar-refractivity contribution < 1.29 is 19.1 Å². The van der Waals surface area contributed by atoms with Gasteiger partial charge in [-0.15, -0.1) is 5.10 Å². The molecular formula is C25H29N5O4. The van der Waals surface area contributed by atoms with Crippen molar-refractivity contribution in [3.05, 3.63) is 77.1 Å². The van der Waals surface area contributed by atoms with Crippen molar-refractivity contribution in [3.63, 3.8) is 0 Å². The van der Waals surface area contributed by atoms with Crippen molar-refractivity contribution in [2.75, 3.05) is 20.8 Å². The van der Waals surface area contributed by atoms with Gasteiger partial charge >= 0.3 is 5.97 Å². The van der Waals surface area contributed by atoms with E-state index >= 15 is 0 Å². The molecule has 1 aliphatic rings. The number of aryl methyl sites for hydroxylation is 1. The molecule has 0 radical (unpaired) electrons. The summed E-state index contributed by atoms with van der Waals surface area (Å²) in [5, 5.41) is 11.1. The molecule has 0 unspecified atom stereocenters. The molecule has 0 bridgehead atoms. The van der Waals surface area contributed by atoms with Gasteiger partial charge in [0.05, 0.1) is 32.5 Å². The Hall–Kier alpha value is -3.72. The molecular weight excluding hydrogens is 434 g/mol. The zero-order chi connectivity index (χ0) is 24.1. The summed E-state index contributed by atoms with van der Waals surface area (Å²) in [6.45, 7) is 3.72. The first-order chi connectivity index (χ1) is 16.5. The molecule has 34 heavy (non-hydrogen) atoms. The summed E-state index contributed by atoms with van der Waals surface area (Å²) in [4.78, 5) is 27.2. The van der Waals surface area contributed by atoms with Crippen LogP contribution < -0.4 is 10.1 Å². The SMILES string of the molecule is COC(=O)c1cn([C@@H]2C[C@@H](C(=O)NCc3ccc(OC)cc3)N(Cc3ccc(C)cc3)C2)nn1. The number of esters is 1. The van der Waals surface area contributed by atoms with Gasteiger partial charge in [-0.1, -0.05) is 47.2 Å². The number of likely N-dealkylation sites (tertiary alicyclic amines) is 1. The molecule has 2 heterocycles. The monoisotopic (exact) mass is 463 g/mol. The third-order valence-corrected chi connectivity index (χ3v) is 6.10. The topological polar surface area (TPSA) is 98.6 Å². The van der Waals surface area contributed by atoms with Crippen LogP contribution in [0.1, 0.15) is 39.6 Å². The van der Waals surface area contributed by atoms with Gasteiger partial charge in [-0.3, -0.25) is 9.69 Å². The highest BCUT2D eigenvalue weighted by molar-refractivity contribution is 5.86. The number of methoxy groups -OCH3 is 2. The Labute approximate surface area is 198 Å². The molecule has 1 aromatic heterocycles. The number of carbonyl (C=O) groups excluding carboxylic acids is 2. The van der Waals surface area contributed by atoms with Gasteiger partial charge in [-0.25, -0.2) is 9.48 Å². The fraction of sp³-hybridized carbons (Fsp3) is 0.360. The fourth-order valence-electron chi connectivity index (χ4n) is 4.15. The van der Waals surface area contributed by atoms with Crippen LogP contribution in [0.3, 0.4) is 0 Å². The van der Waals surface area contributed by atoms with Crippen molar-refractivity contribution in [2.45, 2.75) is 38.5 Å². The number of carbonyl (C=O) groups is 2. The molecule has 2 aromatic carbocycles. The maximum Gasteiger partial charge on any atom is 0.360 e. The maximum atomic E-state index is 13.2. The molecule has 0 saturated carbocycles. The Bertz CT molecular complexity index is 1130. The van der Waals surface area contributed by atoms with E-state index in [1.54, 1.807) is 18.0 Å². The molecule has 2 atom stereocenters. The van der Waals surface area contributed by atoms with E-state index in [1.807, 2.05) is 24.3 Å². The van der Waals surface area contributed by atoms with Crippen LogP contribution in [0.15, 0.2) is 54.7 Å². The van der Waals surface area contributed by atoms with Crippen LogP contribution in [0.2, 0.25) is 0 Å². The van der Waals surface area contributed by atoms with Crippen molar-refractivity contribution in [1.82, 2.24) is 25.2 Å². The van der Waals surface area contributed by atoms with E-state index < -0.39 is 5.97 Å². The van der Waals surface area contributed by atoms with Gasteiger partial charge in [0.2, 0.25) is 5.91 Å². The van der Waals surface area contributed by atoms with E-state index in [-0.39, 0.29) is 23.7 Å². The van der Waals surface area contributed by atoms with Crippen molar-refractivity contribution in [3.8, 4) is 5.75 Å². The number of ether oxygens (including phenoxy) is 2. The minimum absolute atomic E-state index is 0.0428. The van der Waals surface area contributed by atoms with E-state index in [2.05, 4.69) is 51.7 Å². The minimum atomic E-state index is -0.533. The fourth-order valence-corrected chi connectivity index (χ4v) is 4.15. The van der Waals surface area contributed by atoms with Gasteiger partial charge in [0.15, 0.2) is 5.69 Å². The second-order valence-electron chi connectivity index (χ2n) is 8.46. The van der Waals surface area contributed by atoms with Crippen molar-refractivity contribution >= 4 is 11.9 Å². The predicted molar refractivity (Wildman–Crippen MR) is 125 cm³/mol. The average Bonchev–Trinajstić information content (AvgIpc) is 3.51. The molecule has 9 heteroatoms. The lowest BCUT2D eigenvalue weighted by atomic mass is 10.1. The van der Waals surface area contributed by atoms with Crippen LogP contribution in [0.4, 0.5) is 0 Å². The molecule has 0 spiro atoms. The molecule has 1 saturated heterocycles. The van der Waals surface area contributed by atoms with E-state index in [0.29, 0.717) is 26.1 Å². The standard InChI is InChI=1S/C25H29N5O4/c1-17-4-6-19(7-5-17)14-29-15-20(30-16-22(27-28-30)25(32)34-3)12-23(29)24(31)26-13-18-8-10-21(33-2)11-9-18/h4-11,16,20,23H,12-15H2,1-3H3,(H,26,31)/t20-,23+/m1/s1. The summed E-state index contributed by atoms with van der Waals surface area (Å²) < 4.78 is 11.6. The zero-order valence-electron chi connectivity index (χ0n) is 19.6. The number of hydrogen-bond acceptors (Lipinski definition) is 7. The normalized spacial score (nSPS) is 18.0. The second kappa shape index (κ2) is 10.5. The number of nitrogens with one attached hydrogen (secondary N) is 1. The Kier molecular flexibility index (Phi) is 7.22. The summed E-state index contributed by atoms with van der Waals surface area (Å²) >= 11 is 0. The van der Waals surface area contributed by atoms with Gasteiger partial charge in [0.1, 0.15) is 5.75 Å². The van der Waals surface area contributed by atoms with E-state index in [9.17, 15) is 9.59 Å². The van der Waals surface area contributed by atoms with E-state index in [4.69, 9.17) is 9.47 Å². The number of rotatable bonds is 8. The molecule has 4 rings (SSSR count). The third-order valence-electron chi connectivity index (χ3n) is 6.10. The summed E-state index contributed by atoms with van der Waals surface area (Å²) in [5.74, 6) is 0.199. The predicted octanol–water partition coefficient (Wildman–Crippen LogP) is 2.51. The average molecular weight is 464 g/mol. The van der Waals surface area contributed by atoms with Crippen LogP contribution in [-0.4, -0.2) is 58.6 Å². The highest BCUT2D eigenvalue weighted by atomic mass is 16.5. The smallest absolute Gasteiger partial charge is 0.360 e. The summed E-state index contributed by atoms with van der Waals surface area (Å²) in [6, 6.07) is 15.5. The molecule has 3 aromatic rings. The van der Waals surface area contributed by atoms with Crippen molar-refractivity contribution in [1.29, 1.82) is 0 Å². The Morgan fingerprint density at radius 3 is 2.44 bits per heavy atom. The van der Waals surface area contributed by atoms with Crippen LogP contribution in [0.25, 0.3) is 0 Å². The largest absolute Gasteiger partial charge is 0.497 e. The van der Waals surface area contributed by atoms with Crippen LogP contribution in [0, 0.1) is 6.92 Å². The van der Waals surface area contributed by atoms with Gasteiger partial charge in [0, 0.05) is 19.6 Å². The molecule has 0 aliphatic carbocycles. The minimum Gasteiger partial charge on any atom is -0.497 e.